The van der Waals surface area contributed by atoms with Gasteiger partial charge in [0.1, 0.15) is 5.75 Å². The van der Waals surface area contributed by atoms with Gasteiger partial charge in [-0.1, -0.05) is 47.5 Å². The van der Waals surface area contributed by atoms with Gasteiger partial charge in [-0.05, 0) is 72.5 Å². The minimum Gasteiger partial charge on any atom is -0.427 e. The zero-order chi connectivity index (χ0) is 21.3. The van der Waals surface area contributed by atoms with Crippen molar-refractivity contribution in [3.63, 3.8) is 0 Å². The highest BCUT2D eigenvalue weighted by Gasteiger charge is 2.16. The summed E-state index contributed by atoms with van der Waals surface area (Å²) >= 11 is 12.1. The van der Waals surface area contributed by atoms with E-state index in [1.807, 2.05) is 66.7 Å². The van der Waals surface area contributed by atoms with Crippen LogP contribution in [0.25, 0.3) is 10.9 Å². The maximum atomic E-state index is 11.4. The number of aromatic nitrogens is 1. The average molecular weight is 438 g/mol. The molecule has 1 heterocycles. The topological polar surface area (TPSA) is 31.2 Å². The van der Waals surface area contributed by atoms with E-state index in [2.05, 4.69) is 11.5 Å². The molecule has 3 aromatic carbocycles. The molecule has 30 heavy (non-hydrogen) atoms. The van der Waals surface area contributed by atoms with E-state index in [1.165, 1.54) is 29.3 Å². The monoisotopic (exact) mass is 437 g/mol. The molecular weight excluding hydrogens is 417 g/mol. The summed E-state index contributed by atoms with van der Waals surface area (Å²) in [7, 11) is 0. The SMILES string of the molecule is CC(=O)Oc1ccc2c(c1)c(Cc1ccc(Cl)cc1)c(C)n2Cc1ccc(Cl)cc1. The largest absolute Gasteiger partial charge is 0.427 e. The van der Waals surface area contributed by atoms with E-state index in [4.69, 9.17) is 27.9 Å². The van der Waals surface area contributed by atoms with Gasteiger partial charge < -0.3 is 9.30 Å². The minimum atomic E-state index is -0.328. The fourth-order valence-corrected chi connectivity index (χ4v) is 4.02. The zero-order valence-corrected chi connectivity index (χ0v) is 18.3. The fraction of sp³-hybridized carbons (Fsp3) is 0.160. The molecule has 0 N–H and O–H groups in total. The maximum Gasteiger partial charge on any atom is 0.308 e. The third-order valence-corrected chi connectivity index (χ3v) is 5.74. The summed E-state index contributed by atoms with van der Waals surface area (Å²) in [5, 5.41) is 2.52. The Hall–Kier alpha value is -2.75. The summed E-state index contributed by atoms with van der Waals surface area (Å²) < 4.78 is 7.64. The van der Waals surface area contributed by atoms with Crippen LogP contribution in [0.5, 0.6) is 5.75 Å². The average Bonchev–Trinajstić information content (AvgIpc) is 2.96. The normalized spacial score (nSPS) is 11.1. The molecule has 4 rings (SSSR count). The Balaban J connectivity index is 1.82. The van der Waals surface area contributed by atoms with Crippen LogP contribution >= 0.6 is 23.2 Å². The standard InChI is InChI=1S/C25H21Cl2NO2/c1-16-23(13-18-3-7-20(26)8-4-18)24-14-22(30-17(2)29)11-12-25(24)28(16)15-19-5-9-21(27)10-6-19/h3-12,14H,13,15H2,1-2H3. The Bertz CT molecular complexity index is 1210. The van der Waals surface area contributed by atoms with Crippen molar-refractivity contribution in [2.24, 2.45) is 0 Å². The molecule has 0 unspecified atom stereocenters. The van der Waals surface area contributed by atoms with Crippen LogP contribution in [0.15, 0.2) is 66.7 Å². The van der Waals surface area contributed by atoms with Crippen LogP contribution in [-0.4, -0.2) is 10.5 Å². The summed E-state index contributed by atoms with van der Waals surface area (Å²) in [6.07, 6.45) is 0.761. The number of fused-ring (bicyclic) bond motifs is 1. The van der Waals surface area contributed by atoms with Gasteiger partial charge in [0.05, 0.1) is 0 Å². The quantitative estimate of drug-likeness (QED) is 0.253. The van der Waals surface area contributed by atoms with E-state index in [-0.39, 0.29) is 5.97 Å². The molecule has 3 nitrogen and oxygen atoms in total. The van der Waals surface area contributed by atoms with Crippen molar-refractivity contribution in [2.75, 3.05) is 0 Å². The molecule has 0 aliphatic carbocycles. The van der Waals surface area contributed by atoms with E-state index in [0.29, 0.717) is 5.75 Å². The number of hydrogen-bond acceptors (Lipinski definition) is 2. The molecular formula is C25H21Cl2NO2. The Morgan fingerprint density at radius 3 is 2.10 bits per heavy atom. The molecule has 0 aliphatic rings. The lowest BCUT2D eigenvalue weighted by atomic mass is 10.0. The predicted octanol–water partition coefficient (Wildman–Crippen LogP) is 6.82. The number of carbonyl (C=O) groups is 1. The molecule has 0 saturated heterocycles. The van der Waals surface area contributed by atoms with Crippen molar-refractivity contribution in [1.82, 2.24) is 4.57 Å². The third-order valence-electron chi connectivity index (χ3n) is 5.24. The second-order valence-electron chi connectivity index (χ2n) is 7.35. The first-order valence-corrected chi connectivity index (χ1v) is 10.5. The summed E-state index contributed by atoms with van der Waals surface area (Å²) in [6.45, 7) is 4.27. The number of carbonyl (C=O) groups excluding carboxylic acids is 1. The Kier molecular flexibility index (Phi) is 5.85. The first-order chi connectivity index (χ1) is 14.4. The second kappa shape index (κ2) is 8.55. The zero-order valence-electron chi connectivity index (χ0n) is 16.8. The van der Waals surface area contributed by atoms with Gasteiger partial charge in [-0.15, -0.1) is 0 Å². The Labute approximate surface area is 185 Å². The number of ether oxygens (including phenoxy) is 1. The van der Waals surface area contributed by atoms with Crippen molar-refractivity contribution in [1.29, 1.82) is 0 Å². The molecule has 1 aromatic heterocycles. The lowest BCUT2D eigenvalue weighted by Crippen LogP contribution is -2.03. The number of hydrogen-bond donors (Lipinski definition) is 0. The van der Waals surface area contributed by atoms with Crippen molar-refractivity contribution in [3.05, 3.63) is 99.2 Å². The summed E-state index contributed by atoms with van der Waals surface area (Å²) in [5.74, 6) is 0.224. The number of nitrogens with zero attached hydrogens (tertiary/aromatic N) is 1. The first kappa shape index (κ1) is 20.5. The van der Waals surface area contributed by atoms with Crippen LogP contribution in [0, 0.1) is 6.92 Å². The molecule has 4 aromatic rings. The highest BCUT2D eigenvalue weighted by Crippen LogP contribution is 2.32. The molecule has 5 heteroatoms. The van der Waals surface area contributed by atoms with Gasteiger partial charge in [0.2, 0.25) is 0 Å². The van der Waals surface area contributed by atoms with Gasteiger partial charge in [0, 0.05) is 40.1 Å². The van der Waals surface area contributed by atoms with Gasteiger partial charge in [-0.3, -0.25) is 4.79 Å². The van der Waals surface area contributed by atoms with Gasteiger partial charge in [0.15, 0.2) is 0 Å². The molecule has 0 bridgehead atoms. The van der Waals surface area contributed by atoms with Crippen LogP contribution in [0.4, 0.5) is 0 Å². The Morgan fingerprint density at radius 1 is 0.900 bits per heavy atom. The molecule has 0 spiro atoms. The molecule has 0 amide bonds. The highest BCUT2D eigenvalue weighted by molar-refractivity contribution is 6.30. The summed E-state index contributed by atoms with van der Waals surface area (Å²) in [6, 6.07) is 21.6. The van der Waals surface area contributed by atoms with E-state index in [0.717, 1.165) is 33.9 Å². The van der Waals surface area contributed by atoms with Crippen LogP contribution in [0.3, 0.4) is 0 Å². The second-order valence-corrected chi connectivity index (χ2v) is 8.23. The van der Waals surface area contributed by atoms with E-state index < -0.39 is 0 Å². The van der Waals surface area contributed by atoms with Crippen molar-refractivity contribution < 1.29 is 9.53 Å². The predicted molar refractivity (Wildman–Crippen MR) is 123 cm³/mol. The van der Waals surface area contributed by atoms with Crippen LogP contribution < -0.4 is 4.74 Å². The fourth-order valence-electron chi connectivity index (χ4n) is 3.77. The minimum absolute atomic E-state index is 0.328. The van der Waals surface area contributed by atoms with E-state index in [9.17, 15) is 4.79 Å². The van der Waals surface area contributed by atoms with Crippen molar-refractivity contribution in [2.45, 2.75) is 26.8 Å². The molecule has 152 valence electrons. The highest BCUT2D eigenvalue weighted by atomic mass is 35.5. The summed E-state index contributed by atoms with van der Waals surface area (Å²) in [4.78, 5) is 11.4. The number of halogens is 2. The third kappa shape index (κ3) is 4.38. The van der Waals surface area contributed by atoms with Gasteiger partial charge in [0.25, 0.3) is 0 Å². The van der Waals surface area contributed by atoms with Gasteiger partial charge in [-0.25, -0.2) is 0 Å². The number of rotatable bonds is 5. The molecule has 0 fully saturated rings. The smallest absolute Gasteiger partial charge is 0.308 e. The van der Waals surface area contributed by atoms with Crippen LogP contribution in [-0.2, 0) is 17.8 Å². The van der Waals surface area contributed by atoms with Gasteiger partial charge in [-0.2, -0.15) is 0 Å². The van der Waals surface area contributed by atoms with Gasteiger partial charge >= 0.3 is 5.97 Å². The maximum absolute atomic E-state index is 11.4. The van der Waals surface area contributed by atoms with Crippen molar-refractivity contribution >= 4 is 40.1 Å². The Morgan fingerprint density at radius 2 is 1.50 bits per heavy atom. The number of benzene rings is 3. The molecule has 0 radical (unpaired) electrons. The summed E-state index contributed by atoms with van der Waals surface area (Å²) in [5.41, 5.74) is 5.82. The van der Waals surface area contributed by atoms with Crippen LogP contribution in [0.1, 0.15) is 29.3 Å². The van der Waals surface area contributed by atoms with Crippen molar-refractivity contribution in [3.8, 4) is 5.75 Å². The lowest BCUT2D eigenvalue weighted by Gasteiger charge is -2.10. The van der Waals surface area contributed by atoms with E-state index >= 15 is 0 Å². The number of esters is 1. The molecule has 0 aliphatic heterocycles. The first-order valence-electron chi connectivity index (χ1n) is 9.70. The van der Waals surface area contributed by atoms with E-state index in [1.54, 1.807) is 0 Å². The lowest BCUT2D eigenvalue weighted by molar-refractivity contribution is -0.131. The molecule has 0 saturated carbocycles. The van der Waals surface area contributed by atoms with Crippen LogP contribution in [0.2, 0.25) is 10.0 Å². The molecule has 0 atom stereocenters.